The standard InChI is InChI=1S/C18H19N5O3S/c1-4-27-18-19-8-12-16(22-18)20-10-23(17(12)25)9-15(24)21-13-7-11(2)5-6-14(13)26-3/h5-8,10H,4,9H2,1-3H3,(H,21,24). The van der Waals surface area contributed by atoms with E-state index in [0.717, 1.165) is 11.3 Å². The molecule has 8 nitrogen and oxygen atoms in total. The van der Waals surface area contributed by atoms with Gasteiger partial charge in [0.15, 0.2) is 10.8 Å². The number of nitrogens with one attached hydrogen (secondary N) is 1. The SMILES string of the molecule is CCSc1ncc2c(=O)n(CC(=O)Nc3cc(C)ccc3OC)cnc2n1. The van der Waals surface area contributed by atoms with Crippen LogP contribution in [0.25, 0.3) is 11.0 Å². The molecule has 0 aliphatic heterocycles. The maximum absolute atomic E-state index is 12.6. The number of benzene rings is 1. The van der Waals surface area contributed by atoms with Gasteiger partial charge in [0, 0.05) is 6.20 Å². The molecule has 0 radical (unpaired) electrons. The number of rotatable bonds is 6. The number of fused-ring (bicyclic) bond motifs is 1. The van der Waals surface area contributed by atoms with Crippen molar-refractivity contribution in [2.75, 3.05) is 18.2 Å². The van der Waals surface area contributed by atoms with Crippen LogP contribution in [0.4, 0.5) is 5.69 Å². The number of methoxy groups -OCH3 is 1. The molecule has 0 aliphatic carbocycles. The van der Waals surface area contributed by atoms with Crippen LogP contribution < -0.4 is 15.6 Å². The first-order valence-electron chi connectivity index (χ1n) is 8.31. The number of anilines is 1. The Morgan fingerprint density at radius 2 is 2.15 bits per heavy atom. The number of hydrogen-bond donors (Lipinski definition) is 1. The van der Waals surface area contributed by atoms with Gasteiger partial charge < -0.3 is 10.1 Å². The lowest BCUT2D eigenvalue weighted by Crippen LogP contribution is -2.28. The molecular weight excluding hydrogens is 366 g/mol. The molecule has 0 saturated heterocycles. The van der Waals surface area contributed by atoms with Gasteiger partial charge in [-0.2, -0.15) is 0 Å². The van der Waals surface area contributed by atoms with Gasteiger partial charge in [0.1, 0.15) is 24.0 Å². The van der Waals surface area contributed by atoms with Crippen LogP contribution in [0.3, 0.4) is 0 Å². The number of ether oxygens (including phenoxy) is 1. The molecular formula is C18H19N5O3S. The van der Waals surface area contributed by atoms with Crippen molar-refractivity contribution in [1.29, 1.82) is 0 Å². The summed E-state index contributed by atoms with van der Waals surface area (Å²) in [6.07, 6.45) is 2.78. The fourth-order valence-electron chi connectivity index (χ4n) is 2.51. The average Bonchev–Trinajstić information content (AvgIpc) is 2.64. The predicted molar refractivity (Wildman–Crippen MR) is 104 cm³/mol. The molecule has 1 aromatic carbocycles. The minimum absolute atomic E-state index is 0.176. The van der Waals surface area contributed by atoms with Gasteiger partial charge in [-0.1, -0.05) is 24.8 Å². The van der Waals surface area contributed by atoms with E-state index >= 15 is 0 Å². The Kier molecular flexibility index (Phi) is 5.70. The largest absolute Gasteiger partial charge is 0.495 e. The zero-order valence-electron chi connectivity index (χ0n) is 15.2. The monoisotopic (exact) mass is 385 g/mol. The van der Waals surface area contributed by atoms with Crippen molar-refractivity contribution in [2.24, 2.45) is 0 Å². The van der Waals surface area contributed by atoms with E-state index in [9.17, 15) is 9.59 Å². The summed E-state index contributed by atoms with van der Waals surface area (Å²) >= 11 is 1.47. The third kappa shape index (κ3) is 4.25. The number of hydrogen-bond acceptors (Lipinski definition) is 7. The summed E-state index contributed by atoms with van der Waals surface area (Å²) in [7, 11) is 1.53. The average molecular weight is 385 g/mol. The summed E-state index contributed by atoms with van der Waals surface area (Å²) in [5.74, 6) is 1.01. The zero-order chi connectivity index (χ0) is 19.4. The highest BCUT2D eigenvalue weighted by atomic mass is 32.2. The Labute approximate surface area is 160 Å². The molecule has 2 heterocycles. The summed E-state index contributed by atoms with van der Waals surface area (Å²) < 4.78 is 6.48. The van der Waals surface area contributed by atoms with E-state index in [4.69, 9.17) is 4.74 Å². The molecule has 140 valence electrons. The second-order valence-electron chi connectivity index (χ2n) is 5.75. The van der Waals surface area contributed by atoms with Crippen LogP contribution in [0, 0.1) is 6.92 Å². The first kappa shape index (κ1) is 18.8. The Morgan fingerprint density at radius 3 is 2.89 bits per heavy atom. The molecule has 1 amide bonds. The Balaban J connectivity index is 1.83. The van der Waals surface area contributed by atoms with Crippen molar-refractivity contribution in [3.63, 3.8) is 0 Å². The highest BCUT2D eigenvalue weighted by Gasteiger charge is 2.12. The van der Waals surface area contributed by atoms with Gasteiger partial charge in [0.2, 0.25) is 5.91 Å². The van der Waals surface area contributed by atoms with Gasteiger partial charge in [-0.05, 0) is 30.4 Å². The predicted octanol–water partition coefficient (Wildman–Crippen LogP) is 2.25. The molecule has 0 atom stereocenters. The third-order valence-corrected chi connectivity index (χ3v) is 4.52. The lowest BCUT2D eigenvalue weighted by atomic mass is 10.2. The van der Waals surface area contributed by atoms with Gasteiger partial charge in [-0.25, -0.2) is 15.0 Å². The Hall–Kier alpha value is -2.94. The highest BCUT2D eigenvalue weighted by Crippen LogP contribution is 2.25. The first-order chi connectivity index (χ1) is 13.0. The molecule has 0 unspecified atom stereocenters. The van der Waals surface area contributed by atoms with E-state index in [2.05, 4.69) is 20.3 Å². The zero-order valence-corrected chi connectivity index (χ0v) is 16.0. The van der Waals surface area contributed by atoms with Gasteiger partial charge in [-0.3, -0.25) is 14.2 Å². The summed E-state index contributed by atoms with van der Waals surface area (Å²) in [5.41, 5.74) is 1.49. The molecule has 27 heavy (non-hydrogen) atoms. The van der Waals surface area contributed by atoms with Crippen LogP contribution >= 0.6 is 11.8 Å². The van der Waals surface area contributed by atoms with E-state index < -0.39 is 0 Å². The molecule has 3 rings (SSSR count). The maximum atomic E-state index is 12.6. The number of aromatic nitrogens is 4. The second kappa shape index (κ2) is 8.17. The van der Waals surface area contributed by atoms with Gasteiger partial charge in [-0.15, -0.1) is 0 Å². The molecule has 2 aromatic heterocycles. The van der Waals surface area contributed by atoms with Crippen molar-refractivity contribution in [2.45, 2.75) is 25.5 Å². The summed E-state index contributed by atoms with van der Waals surface area (Å²) in [6, 6.07) is 5.47. The van der Waals surface area contributed by atoms with E-state index in [1.807, 2.05) is 19.9 Å². The third-order valence-electron chi connectivity index (χ3n) is 3.77. The van der Waals surface area contributed by atoms with E-state index in [0.29, 0.717) is 22.2 Å². The van der Waals surface area contributed by atoms with Crippen molar-refractivity contribution < 1.29 is 9.53 Å². The summed E-state index contributed by atoms with van der Waals surface area (Å²) in [5, 5.41) is 3.61. The van der Waals surface area contributed by atoms with Gasteiger partial charge in [0.25, 0.3) is 5.56 Å². The molecule has 0 spiro atoms. The van der Waals surface area contributed by atoms with Crippen molar-refractivity contribution in [1.82, 2.24) is 19.5 Å². The molecule has 0 aliphatic rings. The summed E-state index contributed by atoms with van der Waals surface area (Å²) in [6.45, 7) is 3.73. The van der Waals surface area contributed by atoms with Crippen molar-refractivity contribution in [3.05, 3.63) is 46.6 Å². The van der Waals surface area contributed by atoms with Crippen molar-refractivity contribution >= 4 is 34.4 Å². The van der Waals surface area contributed by atoms with E-state index in [1.165, 1.54) is 36.0 Å². The number of carbonyl (C=O) groups excluding carboxylic acids is 1. The van der Waals surface area contributed by atoms with E-state index in [-0.39, 0.29) is 23.4 Å². The molecule has 3 aromatic rings. The highest BCUT2D eigenvalue weighted by molar-refractivity contribution is 7.99. The lowest BCUT2D eigenvalue weighted by molar-refractivity contribution is -0.116. The molecule has 1 N–H and O–H groups in total. The number of aryl methyl sites for hydroxylation is 1. The van der Waals surface area contributed by atoms with Crippen LogP contribution in [-0.4, -0.2) is 38.3 Å². The minimum atomic E-state index is -0.362. The topological polar surface area (TPSA) is 99.0 Å². The number of nitrogens with zero attached hydrogens (tertiary/aromatic N) is 4. The van der Waals surface area contributed by atoms with E-state index in [1.54, 1.807) is 12.1 Å². The normalized spacial score (nSPS) is 10.8. The Morgan fingerprint density at radius 1 is 1.33 bits per heavy atom. The van der Waals surface area contributed by atoms with Crippen LogP contribution in [0.2, 0.25) is 0 Å². The molecule has 0 fully saturated rings. The number of thioether (sulfide) groups is 1. The van der Waals surface area contributed by atoms with Crippen LogP contribution in [0.5, 0.6) is 5.75 Å². The fraction of sp³-hybridized carbons (Fsp3) is 0.278. The lowest BCUT2D eigenvalue weighted by Gasteiger charge is -2.12. The van der Waals surface area contributed by atoms with Crippen LogP contribution in [0.1, 0.15) is 12.5 Å². The minimum Gasteiger partial charge on any atom is -0.495 e. The number of carbonyl (C=O) groups is 1. The fourth-order valence-corrected chi connectivity index (χ4v) is 3.05. The molecule has 9 heteroatoms. The quantitative estimate of drug-likeness (QED) is 0.513. The molecule has 0 saturated carbocycles. The molecule has 0 bridgehead atoms. The van der Waals surface area contributed by atoms with Gasteiger partial charge in [0.05, 0.1) is 12.8 Å². The number of amides is 1. The first-order valence-corrected chi connectivity index (χ1v) is 9.30. The smallest absolute Gasteiger partial charge is 0.264 e. The van der Waals surface area contributed by atoms with Crippen molar-refractivity contribution in [3.8, 4) is 5.75 Å². The van der Waals surface area contributed by atoms with Crippen LogP contribution in [0.15, 0.2) is 40.7 Å². The van der Waals surface area contributed by atoms with Gasteiger partial charge >= 0.3 is 0 Å². The Bertz CT molecular complexity index is 1050. The second-order valence-corrected chi connectivity index (χ2v) is 6.98. The maximum Gasteiger partial charge on any atom is 0.264 e. The van der Waals surface area contributed by atoms with Crippen LogP contribution in [-0.2, 0) is 11.3 Å². The summed E-state index contributed by atoms with van der Waals surface area (Å²) in [4.78, 5) is 37.6.